The third-order valence-electron chi connectivity index (χ3n) is 5.11. The van der Waals surface area contributed by atoms with Crippen molar-refractivity contribution in [3.63, 3.8) is 0 Å². The zero-order chi connectivity index (χ0) is 22.7. The van der Waals surface area contributed by atoms with Crippen LogP contribution in [0.15, 0.2) is 30.3 Å². The summed E-state index contributed by atoms with van der Waals surface area (Å²) in [5.41, 5.74) is 2.35. The number of carbonyl (C=O) groups excluding carboxylic acids is 1. The van der Waals surface area contributed by atoms with E-state index in [0.717, 1.165) is 23.2 Å². The number of hydrogen-bond donors (Lipinski definition) is 0. The smallest absolute Gasteiger partial charge is 0.273 e. The van der Waals surface area contributed by atoms with Crippen molar-refractivity contribution in [1.29, 1.82) is 0 Å². The van der Waals surface area contributed by atoms with E-state index in [4.69, 9.17) is 9.72 Å². The number of anilines is 1. The largest absolute Gasteiger partial charge is 0.494 e. The molecule has 1 amide bonds. The number of thiazole rings is 1. The summed E-state index contributed by atoms with van der Waals surface area (Å²) in [6.07, 6.45) is 0.735. The molecule has 164 valence electrons. The number of amides is 1. The Labute approximate surface area is 185 Å². The fourth-order valence-electron chi connectivity index (χ4n) is 3.41. The van der Waals surface area contributed by atoms with Gasteiger partial charge in [-0.15, -0.1) is 0 Å². The molecule has 8 nitrogen and oxygen atoms in total. The highest BCUT2D eigenvalue weighted by atomic mass is 32.1. The lowest BCUT2D eigenvalue weighted by Gasteiger charge is -2.21. The molecule has 0 fully saturated rings. The molecule has 1 aromatic heterocycles. The molecule has 31 heavy (non-hydrogen) atoms. The van der Waals surface area contributed by atoms with Crippen molar-refractivity contribution < 1.29 is 14.5 Å². The first-order valence-corrected chi connectivity index (χ1v) is 10.7. The Morgan fingerprint density at radius 1 is 1.19 bits per heavy atom. The molecule has 0 bridgehead atoms. The Hall–Kier alpha value is -3.04. The zero-order valence-electron chi connectivity index (χ0n) is 18.3. The molecular formula is C22H26N4O4S. The molecule has 0 spiro atoms. The second-order valence-electron chi connectivity index (χ2n) is 7.58. The highest BCUT2D eigenvalue weighted by Gasteiger charge is 2.26. The van der Waals surface area contributed by atoms with Crippen LogP contribution in [0.4, 0.5) is 10.8 Å². The maximum absolute atomic E-state index is 13.6. The van der Waals surface area contributed by atoms with Gasteiger partial charge in [0, 0.05) is 23.7 Å². The molecule has 3 aromatic rings. The standard InChI is InChI=1S/C22H26N4O4S/c1-14-10-11-18(30-5)19-20(14)31-22(23-19)25(13-7-12-24(3)4)21(27)16-8-6-9-17(15(16)2)26(28)29/h6,8-11H,7,12-13H2,1-5H3. The number of nitro groups is 1. The minimum Gasteiger partial charge on any atom is -0.494 e. The van der Waals surface area contributed by atoms with E-state index in [-0.39, 0.29) is 11.6 Å². The minimum absolute atomic E-state index is 0.0686. The lowest BCUT2D eigenvalue weighted by atomic mass is 10.1. The van der Waals surface area contributed by atoms with Gasteiger partial charge in [0.2, 0.25) is 0 Å². The molecule has 0 aliphatic rings. The molecule has 0 atom stereocenters. The van der Waals surface area contributed by atoms with Gasteiger partial charge in [0.15, 0.2) is 5.13 Å². The molecule has 3 rings (SSSR count). The Bertz CT molecular complexity index is 1130. The number of aromatic nitrogens is 1. The van der Waals surface area contributed by atoms with E-state index in [2.05, 4.69) is 0 Å². The van der Waals surface area contributed by atoms with Crippen LogP contribution in [0.5, 0.6) is 5.75 Å². The molecule has 1 heterocycles. The summed E-state index contributed by atoms with van der Waals surface area (Å²) >= 11 is 1.43. The van der Waals surface area contributed by atoms with E-state index in [1.165, 1.54) is 17.4 Å². The quantitative estimate of drug-likeness (QED) is 0.379. The van der Waals surface area contributed by atoms with Gasteiger partial charge in [-0.05, 0) is 58.6 Å². The summed E-state index contributed by atoms with van der Waals surface area (Å²) in [4.78, 5) is 32.9. The highest BCUT2D eigenvalue weighted by Crippen LogP contribution is 2.37. The van der Waals surface area contributed by atoms with Crippen molar-refractivity contribution in [1.82, 2.24) is 9.88 Å². The van der Waals surface area contributed by atoms with Gasteiger partial charge < -0.3 is 9.64 Å². The average molecular weight is 443 g/mol. The third kappa shape index (κ3) is 4.67. The molecular weight excluding hydrogens is 416 g/mol. The molecule has 0 aliphatic heterocycles. The fraction of sp³-hybridized carbons (Fsp3) is 0.364. The average Bonchev–Trinajstić information content (AvgIpc) is 3.17. The summed E-state index contributed by atoms with van der Waals surface area (Å²) in [6.45, 7) is 4.84. The second-order valence-corrected chi connectivity index (χ2v) is 8.56. The van der Waals surface area contributed by atoms with Gasteiger partial charge in [0.1, 0.15) is 11.3 Å². The van der Waals surface area contributed by atoms with E-state index < -0.39 is 4.92 Å². The summed E-state index contributed by atoms with van der Waals surface area (Å²) in [5, 5.41) is 11.9. The first-order valence-electron chi connectivity index (χ1n) is 9.89. The number of fused-ring (bicyclic) bond motifs is 1. The van der Waals surface area contributed by atoms with E-state index in [1.54, 1.807) is 31.1 Å². The predicted octanol–water partition coefficient (Wildman–Crippen LogP) is 4.43. The lowest BCUT2D eigenvalue weighted by molar-refractivity contribution is -0.385. The van der Waals surface area contributed by atoms with Crippen molar-refractivity contribution in [2.24, 2.45) is 0 Å². The molecule has 9 heteroatoms. The molecule has 0 aliphatic carbocycles. The van der Waals surface area contributed by atoms with Gasteiger partial charge >= 0.3 is 0 Å². The SMILES string of the molecule is COc1ccc(C)c2sc(N(CCCN(C)C)C(=O)c3cccc([N+](=O)[O-])c3C)nc12. The number of nitrogens with zero attached hydrogens (tertiary/aromatic N) is 4. The number of methoxy groups -OCH3 is 1. The highest BCUT2D eigenvalue weighted by molar-refractivity contribution is 7.22. The monoisotopic (exact) mass is 442 g/mol. The van der Waals surface area contributed by atoms with Crippen LogP contribution in [0.3, 0.4) is 0 Å². The van der Waals surface area contributed by atoms with Crippen LogP contribution in [-0.4, -0.2) is 55.0 Å². The van der Waals surface area contributed by atoms with Gasteiger partial charge in [-0.3, -0.25) is 19.8 Å². The normalized spacial score (nSPS) is 11.2. The number of benzene rings is 2. The van der Waals surface area contributed by atoms with E-state index in [1.807, 2.05) is 38.1 Å². The van der Waals surface area contributed by atoms with Crippen molar-refractivity contribution in [3.05, 3.63) is 57.1 Å². The molecule has 0 N–H and O–H groups in total. The number of nitro benzene ring substituents is 1. The van der Waals surface area contributed by atoms with Gasteiger partial charge in [0.05, 0.1) is 16.7 Å². The first kappa shape index (κ1) is 22.6. The molecule has 0 radical (unpaired) electrons. The Kier molecular flexibility index (Phi) is 6.87. The summed E-state index contributed by atoms with van der Waals surface area (Å²) < 4.78 is 6.41. The number of aryl methyl sites for hydroxylation is 1. The van der Waals surface area contributed by atoms with E-state index in [9.17, 15) is 14.9 Å². The van der Waals surface area contributed by atoms with Crippen LogP contribution >= 0.6 is 11.3 Å². The number of ether oxygens (including phenoxy) is 1. The molecule has 0 unspecified atom stereocenters. The van der Waals surface area contributed by atoms with E-state index >= 15 is 0 Å². The van der Waals surface area contributed by atoms with Gasteiger partial charge in [0.25, 0.3) is 11.6 Å². The van der Waals surface area contributed by atoms with E-state index in [0.29, 0.717) is 34.1 Å². The van der Waals surface area contributed by atoms with Crippen molar-refractivity contribution in [2.75, 3.05) is 39.2 Å². The third-order valence-corrected chi connectivity index (χ3v) is 6.32. The van der Waals surface area contributed by atoms with Gasteiger partial charge in [-0.2, -0.15) is 0 Å². The summed E-state index contributed by atoms with van der Waals surface area (Å²) in [5.74, 6) is 0.353. The topological polar surface area (TPSA) is 88.8 Å². The van der Waals surface area contributed by atoms with Crippen molar-refractivity contribution in [3.8, 4) is 5.75 Å². The second kappa shape index (κ2) is 9.40. The summed E-state index contributed by atoms with van der Waals surface area (Å²) in [7, 11) is 5.54. The van der Waals surface area contributed by atoms with Crippen molar-refractivity contribution in [2.45, 2.75) is 20.3 Å². The number of carbonyl (C=O) groups is 1. The molecule has 2 aromatic carbocycles. The fourth-order valence-corrected chi connectivity index (χ4v) is 4.48. The van der Waals surface area contributed by atoms with Crippen LogP contribution in [0.2, 0.25) is 0 Å². The lowest BCUT2D eigenvalue weighted by Crippen LogP contribution is -2.34. The minimum atomic E-state index is -0.464. The Morgan fingerprint density at radius 3 is 2.58 bits per heavy atom. The maximum Gasteiger partial charge on any atom is 0.273 e. The predicted molar refractivity (Wildman–Crippen MR) is 124 cm³/mol. The molecule has 0 saturated carbocycles. The van der Waals surface area contributed by atoms with Gasteiger partial charge in [-0.25, -0.2) is 4.98 Å². The van der Waals surface area contributed by atoms with Crippen LogP contribution in [0, 0.1) is 24.0 Å². The van der Waals surface area contributed by atoms with Crippen LogP contribution in [0.25, 0.3) is 10.2 Å². The Balaban J connectivity index is 2.08. The maximum atomic E-state index is 13.6. The van der Waals surface area contributed by atoms with Crippen LogP contribution in [-0.2, 0) is 0 Å². The zero-order valence-corrected chi connectivity index (χ0v) is 19.2. The molecule has 0 saturated heterocycles. The number of hydrogen-bond acceptors (Lipinski definition) is 7. The van der Waals surface area contributed by atoms with Crippen LogP contribution in [0.1, 0.15) is 27.9 Å². The summed E-state index contributed by atoms with van der Waals surface area (Å²) in [6, 6.07) is 8.41. The Morgan fingerprint density at radius 2 is 1.94 bits per heavy atom. The van der Waals surface area contributed by atoms with Gasteiger partial charge in [-0.1, -0.05) is 23.5 Å². The van der Waals surface area contributed by atoms with Crippen LogP contribution < -0.4 is 9.64 Å². The number of rotatable bonds is 8. The van der Waals surface area contributed by atoms with Crippen molar-refractivity contribution >= 4 is 38.3 Å². The first-order chi connectivity index (χ1) is 14.7.